The number of methoxy groups -OCH3 is 1. The van der Waals surface area contributed by atoms with Gasteiger partial charge in [-0.3, -0.25) is 4.68 Å². The predicted molar refractivity (Wildman–Crippen MR) is 118 cm³/mol. The third kappa shape index (κ3) is 5.10. The number of carbonyl (C=O) groups is 2. The first kappa shape index (κ1) is 21.8. The highest BCUT2D eigenvalue weighted by molar-refractivity contribution is 5.92. The van der Waals surface area contributed by atoms with E-state index in [0.29, 0.717) is 34.1 Å². The van der Waals surface area contributed by atoms with E-state index in [4.69, 9.17) is 14.7 Å². The van der Waals surface area contributed by atoms with Gasteiger partial charge >= 0.3 is 12.0 Å². The van der Waals surface area contributed by atoms with E-state index < -0.39 is 12.0 Å². The average molecular weight is 446 g/mol. The molecule has 168 valence electrons. The Kier molecular flexibility index (Phi) is 6.50. The first-order chi connectivity index (χ1) is 16.1. The number of benzene rings is 1. The van der Waals surface area contributed by atoms with Crippen LogP contribution < -0.4 is 15.4 Å². The molecule has 33 heavy (non-hydrogen) atoms. The Morgan fingerprint density at radius 1 is 1.18 bits per heavy atom. The molecule has 1 aliphatic heterocycles. The molecule has 0 saturated heterocycles. The SMILES string of the molecule is COC(=O)c1c(CNC(=O)Nc2ccc(Oc3ccc(C#N)cc3)nc2)nn2c1CCCC2. The van der Waals surface area contributed by atoms with E-state index in [-0.39, 0.29) is 6.54 Å². The van der Waals surface area contributed by atoms with Crippen LogP contribution >= 0.6 is 0 Å². The number of urea groups is 1. The number of aromatic nitrogens is 3. The molecule has 1 aliphatic rings. The van der Waals surface area contributed by atoms with Crippen molar-refractivity contribution in [3.05, 3.63) is 65.1 Å². The number of nitrogens with one attached hydrogen (secondary N) is 2. The van der Waals surface area contributed by atoms with E-state index >= 15 is 0 Å². The number of fused-ring (bicyclic) bond motifs is 1. The summed E-state index contributed by atoms with van der Waals surface area (Å²) in [7, 11) is 1.33. The maximum absolute atomic E-state index is 12.4. The number of anilines is 1. The van der Waals surface area contributed by atoms with Gasteiger partial charge in [-0.05, 0) is 49.6 Å². The molecule has 2 aromatic heterocycles. The quantitative estimate of drug-likeness (QED) is 0.555. The van der Waals surface area contributed by atoms with Crippen LogP contribution in [0, 0.1) is 11.3 Å². The molecule has 3 aromatic rings. The summed E-state index contributed by atoms with van der Waals surface area (Å²) in [6.07, 6.45) is 4.21. The lowest BCUT2D eigenvalue weighted by Crippen LogP contribution is -2.29. The monoisotopic (exact) mass is 446 g/mol. The Morgan fingerprint density at radius 3 is 2.70 bits per heavy atom. The fourth-order valence-corrected chi connectivity index (χ4v) is 3.58. The van der Waals surface area contributed by atoms with Crippen LogP contribution in [0.25, 0.3) is 0 Å². The molecule has 4 rings (SSSR count). The molecule has 0 fully saturated rings. The van der Waals surface area contributed by atoms with Crippen molar-refractivity contribution >= 4 is 17.7 Å². The third-order valence-electron chi connectivity index (χ3n) is 5.17. The number of hydrogen-bond donors (Lipinski definition) is 2. The highest BCUT2D eigenvalue weighted by atomic mass is 16.5. The fourth-order valence-electron chi connectivity index (χ4n) is 3.58. The Balaban J connectivity index is 1.35. The lowest BCUT2D eigenvalue weighted by atomic mass is 10.0. The van der Waals surface area contributed by atoms with Crippen LogP contribution in [-0.4, -0.2) is 33.9 Å². The summed E-state index contributed by atoms with van der Waals surface area (Å²) >= 11 is 0. The Labute approximate surface area is 190 Å². The number of nitrogens with zero attached hydrogens (tertiary/aromatic N) is 4. The summed E-state index contributed by atoms with van der Waals surface area (Å²) in [6, 6.07) is 11.5. The van der Waals surface area contributed by atoms with Crippen molar-refractivity contribution in [3.8, 4) is 17.7 Å². The van der Waals surface area contributed by atoms with Gasteiger partial charge in [0.25, 0.3) is 0 Å². The zero-order valence-corrected chi connectivity index (χ0v) is 18.0. The highest BCUT2D eigenvalue weighted by Gasteiger charge is 2.26. The van der Waals surface area contributed by atoms with Gasteiger partial charge < -0.3 is 20.1 Å². The van der Waals surface area contributed by atoms with Crippen molar-refractivity contribution < 1.29 is 19.1 Å². The van der Waals surface area contributed by atoms with Crippen molar-refractivity contribution in [3.63, 3.8) is 0 Å². The molecule has 0 bridgehead atoms. The zero-order valence-electron chi connectivity index (χ0n) is 18.0. The van der Waals surface area contributed by atoms with Gasteiger partial charge in [0.15, 0.2) is 0 Å². The number of aryl methyl sites for hydroxylation is 1. The Bertz CT molecular complexity index is 1200. The van der Waals surface area contributed by atoms with Crippen LogP contribution in [0.2, 0.25) is 0 Å². The third-order valence-corrected chi connectivity index (χ3v) is 5.17. The van der Waals surface area contributed by atoms with Crippen molar-refractivity contribution in [2.24, 2.45) is 0 Å². The van der Waals surface area contributed by atoms with Gasteiger partial charge in [-0.2, -0.15) is 10.4 Å². The standard InChI is InChI=1S/C23H22N6O4/c1-32-22(30)21-18(28-29-11-3-2-4-19(21)29)14-26-23(31)27-16-7-10-20(25-13-16)33-17-8-5-15(12-24)6-9-17/h5-10,13H,2-4,11,14H2,1H3,(H2,26,27,31). The van der Waals surface area contributed by atoms with E-state index in [1.165, 1.54) is 13.3 Å². The molecule has 0 atom stereocenters. The largest absolute Gasteiger partial charge is 0.465 e. The van der Waals surface area contributed by atoms with Gasteiger partial charge in [0, 0.05) is 12.6 Å². The van der Waals surface area contributed by atoms with Gasteiger partial charge in [0.1, 0.15) is 11.3 Å². The van der Waals surface area contributed by atoms with Gasteiger partial charge in [-0.1, -0.05) is 0 Å². The van der Waals surface area contributed by atoms with Crippen LogP contribution in [0.5, 0.6) is 11.6 Å². The fraction of sp³-hybridized carbons (Fsp3) is 0.261. The number of ether oxygens (including phenoxy) is 2. The Morgan fingerprint density at radius 2 is 2.00 bits per heavy atom. The molecule has 0 spiro atoms. The maximum Gasteiger partial charge on any atom is 0.341 e. The predicted octanol–water partition coefficient (Wildman–Crippen LogP) is 3.39. The molecule has 0 saturated carbocycles. The topological polar surface area (TPSA) is 131 Å². The second kappa shape index (κ2) is 9.82. The summed E-state index contributed by atoms with van der Waals surface area (Å²) in [6.45, 7) is 0.831. The number of nitriles is 1. The number of carbonyl (C=O) groups excluding carboxylic acids is 2. The minimum atomic E-state index is -0.459. The lowest BCUT2D eigenvalue weighted by Gasteiger charge is -2.13. The molecule has 10 heteroatoms. The van der Waals surface area contributed by atoms with E-state index in [9.17, 15) is 9.59 Å². The number of amides is 2. The van der Waals surface area contributed by atoms with Gasteiger partial charge in [-0.25, -0.2) is 14.6 Å². The van der Waals surface area contributed by atoms with Crippen LogP contribution in [0.1, 0.15) is 40.2 Å². The van der Waals surface area contributed by atoms with Gasteiger partial charge in [0.2, 0.25) is 5.88 Å². The first-order valence-corrected chi connectivity index (χ1v) is 10.4. The number of pyridine rings is 1. The number of esters is 1. The first-order valence-electron chi connectivity index (χ1n) is 10.4. The summed E-state index contributed by atoms with van der Waals surface area (Å²) in [5, 5.41) is 18.7. The molecule has 2 N–H and O–H groups in total. The molecular weight excluding hydrogens is 424 g/mol. The number of hydrogen-bond acceptors (Lipinski definition) is 7. The maximum atomic E-state index is 12.4. The van der Waals surface area contributed by atoms with Crippen LogP contribution in [-0.2, 0) is 24.2 Å². The molecule has 0 unspecified atom stereocenters. The van der Waals surface area contributed by atoms with Gasteiger partial charge in [0.05, 0.1) is 48.6 Å². The summed E-state index contributed by atoms with van der Waals surface area (Å²) < 4.78 is 12.4. The second-order valence-electron chi connectivity index (χ2n) is 7.37. The van der Waals surface area contributed by atoms with Crippen molar-refractivity contribution in [1.82, 2.24) is 20.1 Å². The minimum absolute atomic E-state index is 0.0869. The Hall–Kier alpha value is -4.39. The molecule has 0 radical (unpaired) electrons. The molecule has 10 nitrogen and oxygen atoms in total. The van der Waals surface area contributed by atoms with E-state index in [0.717, 1.165) is 31.5 Å². The van der Waals surface area contributed by atoms with Crippen LogP contribution in [0.15, 0.2) is 42.6 Å². The smallest absolute Gasteiger partial charge is 0.341 e. The molecule has 2 amide bonds. The molecule has 3 heterocycles. The normalized spacial score (nSPS) is 12.2. The molecule has 1 aromatic carbocycles. The molecule has 0 aliphatic carbocycles. The summed E-state index contributed by atoms with van der Waals surface area (Å²) in [5.74, 6) is 0.443. The summed E-state index contributed by atoms with van der Waals surface area (Å²) in [5.41, 5.74) is 2.78. The van der Waals surface area contributed by atoms with Crippen molar-refractivity contribution in [1.29, 1.82) is 5.26 Å². The number of rotatable bonds is 6. The average Bonchev–Trinajstić information content (AvgIpc) is 3.22. The van der Waals surface area contributed by atoms with Gasteiger partial charge in [-0.15, -0.1) is 0 Å². The van der Waals surface area contributed by atoms with Crippen LogP contribution in [0.4, 0.5) is 10.5 Å². The van der Waals surface area contributed by atoms with E-state index in [1.807, 2.05) is 10.8 Å². The lowest BCUT2D eigenvalue weighted by molar-refractivity contribution is 0.0597. The van der Waals surface area contributed by atoms with Crippen LogP contribution in [0.3, 0.4) is 0 Å². The van der Waals surface area contributed by atoms with Crippen molar-refractivity contribution in [2.45, 2.75) is 32.4 Å². The molecular formula is C23H22N6O4. The van der Waals surface area contributed by atoms with E-state index in [1.54, 1.807) is 36.4 Å². The zero-order chi connectivity index (χ0) is 23.2. The second-order valence-corrected chi connectivity index (χ2v) is 7.37. The van der Waals surface area contributed by atoms with Crippen molar-refractivity contribution in [2.75, 3.05) is 12.4 Å². The summed E-state index contributed by atoms with van der Waals surface area (Å²) in [4.78, 5) is 28.8. The highest BCUT2D eigenvalue weighted by Crippen LogP contribution is 2.23. The minimum Gasteiger partial charge on any atom is -0.465 e. The van der Waals surface area contributed by atoms with E-state index in [2.05, 4.69) is 20.7 Å².